The second-order valence-corrected chi connectivity index (χ2v) is 9.90. The minimum Gasteiger partial charge on any atom is -0.0885 e. The Morgan fingerprint density at radius 1 is 0.406 bits per heavy atom. The van der Waals surface area contributed by atoms with Gasteiger partial charge < -0.3 is 0 Å². The van der Waals surface area contributed by atoms with E-state index in [2.05, 4.69) is 76.3 Å². The maximum Gasteiger partial charge on any atom is -0.0348 e. The average Bonchev–Trinajstić information content (AvgIpc) is 2.78. The van der Waals surface area contributed by atoms with Crippen molar-refractivity contribution < 1.29 is 0 Å². The van der Waals surface area contributed by atoms with Gasteiger partial charge in [0, 0.05) is 0 Å². The van der Waals surface area contributed by atoms with Crippen LogP contribution in [0.25, 0.3) is 0 Å². The van der Waals surface area contributed by atoms with E-state index in [9.17, 15) is 0 Å². The first-order valence-corrected chi connectivity index (χ1v) is 14.3. The number of hydrogen-bond acceptors (Lipinski definition) is 0. The van der Waals surface area contributed by atoms with E-state index in [4.69, 9.17) is 0 Å². The SMILES string of the molecule is CCCCC/C=C/CCC/C=C/CCC(CC/C=C/CCC/C=C/CCCCC)C(C)C. The van der Waals surface area contributed by atoms with Crippen molar-refractivity contribution in [1.82, 2.24) is 0 Å². The van der Waals surface area contributed by atoms with Crippen LogP contribution in [0, 0.1) is 11.8 Å². The van der Waals surface area contributed by atoms with Crippen LogP contribution in [0.3, 0.4) is 0 Å². The molecule has 0 amide bonds. The summed E-state index contributed by atoms with van der Waals surface area (Å²) in [5.41, 5.74) is 0. The molecule has 0 aromatic carbocycles. The van der Waals surface area contributed by atoms with Crippen molar-refractivity contribution in [3.8, 4) is 0 Å². The largest absolute Gasteiger partial charge is 0.0885 e. The first-order valence-electron chi connectivity index (χ1n) is 14.3. The van der Waals surface area contributed by atoms with Gasteiger partial charge in [0.05, 0.1) is 0 Å². The Balaban J connectivity index is 3.71. The Labute approximate surface area is 203 Å². The fraction of sp³-hybridized carbons (Fsp3) is 0.750. The lowest BCUT2D eigenvalue weighted by Crippen LogP contribution is -2.08. The molecule has 0 N–H and O–H groups in total. The third kappa shape index (κ3) is 23.6. The van der Waals surface area contributed by atoms with E-state index in [1.54, 1.807) is 0 Å². The van der Waals surface area contributed by atoms with E-state index in [1.165, 1.54) is 116 Å². The second-order valence-electron chi connectivity index (χ2n) is 9.90. The van der Waals surface area contributed by atoms with Crippen LogP contribution >= 0.6 is 0 Å². The summed E-state index contributed by atoms with van der Waals surface area (Å²) >= 11 is 0. The Bertz CT molecular complexity index is 422. The zero-order valence-electron chi connectivity index (χ0n) is 22.5. The molecular weight excluding hydrogens is 384 g/mol. The maximum atomic E-state index is 2.44. The van der Waals surface area contributed by atoms with Gasteiger partial charge in [-0.1, -0.05) is 102 Å². The molecule has 32 heavy (non-hydrogen) atoms. The summed E-state index contributed by atoms with van der Waals surface area (Å²) in [6.45, 7) is 9.34. The lowest BCUT2D eigenvalue weighted by molar-refractivity contribution is 0.341. The topological polar surface area (TPSA) is 0 Å². The molecule has 0 bridgehead atoms. The van der Waals surface area contributed by atoms with Gasteiger partial charge in [0.15, 0.2) is 0 Å². The van der Waals surface area contributed by atoms with Gasteiger partial charge in [-0.2, -0.15) is 0 Å². The highest BCUT2D eigenvalue weighted by molar-refractivity contribution is 4.88. The van der Waals surface area contributed by atoms with Gasteiger partial charge in [-0.15, -0.1) is 0 Å². The number of unbranched alkanes of at least 4 members (excludes halogenated alkanes) is 10. The van der Waals surface area contributed by atoms with Crippen molar-refractivity contribution in [2.75, 3.05) is 0 Å². The van der Waals surface area contributed by atoms with Crippen molar-refractivity contribution in [3.05, 3.63) is 48.6 Å². The van der Waals surface area contributed by atoms with Crippen molar-refractivity contribution >= 4 is 0 Å². The molecule has 0 heterocycles. The molecule has 0 atom stereocenters. The number of rotatable bonds is 23. The van der Waals surface area contributed by atoms with E-state index in [1.807, 2.05) is 0 Å². The molecule has 0 saturated heterocycles. The second kappa shape index (κ2) is 26.2. The third-order valence-electron chi connectivity index (χ3n) is 6.45. The zero-order valence-corrected chi connectivity index (χ0v) is 22.5. The van der Waals surface area contributed by atoms with Crippen LogP contribution in [0.15, 0.2) is 48.6 Å². The molecule has 0 rings (SSSR count). The normalized spacial score (nSPS) is 12.8. The molecule has 0 heteroatoms. The van der Waals surface area contributed by atoms with Crippen LogP contribution in [0.4, 0.5) is 0 Å². The molecule has 0 aliphatic rings. The first-order chi connectivity index (χ1) is 15.7. The number of allylic oxidation sites excluding steroid dienone is 8. The summed E-state index contributed by atoms with van der Waals surface area (Å²) in [7, 11) is 0. The minimum atomic E-state index is 0.799. The molecule has 0 spiro atoms. The van der Waals surface area contributed by atoms with Gasteiger partial charge >= 0.3 is 0 Å². The summed E-state index contributed by atoms with van der Waals surface area (Å²) in [6.07, 6.45) is 42.7. The summed E-state index contributed by atoms with van der Waals surface area (Å²) in [5, 5.41) is 0. The fourth-order valence-corrected chi connectivity index (χ4v) is 4.11. The lowest BCUT2D eigenvalue weighted by atomic mass is 9.87. The molecule has 186 valence electrons. The van der Waals surface area contributed by atoms with Gasteiger partial charge in [-0.3, -0.25) is 0 Å². The van der Waals surface area contributed by atoms with E-state index in [0.717, 1.165) is 11.8 Å². The molecule has 0 saturated carbocycles. The van der Waals surface area contributed by atoms with Crippen LogP contribution in [-0.4, -0.2) is 0 Å². The molecule has 0 aromatic rings. The van der Waals surface area contributed by atoms with Crippen LogP contribution in [0.1, 0.15) is 143 Å². The van der Waals surface area contributed by atoms with Crippen molar-refractivity contribution in [2.45, 2.75) is 143 Å². The highest BCUT2D eigenvalue weighted by Gasteiger charge is 2.11. The molecule has 0 unspecified atom stereocenters. The fourth-order valence-electron chi connectivity index (χ4n) is 4.11. The van der Waals surface area contributed by atoms with Gasteiger partial charge in [0.2, 0.25) is 0 Å². The number of hydrogen-bond donors (Lipinski definition) is 0. The van der Waals surface area contributed by atoms with Gasteiger partial charge in [0.1, 0.15) is 0 Å². The molecule has 0 radical (unpaired) electrons. The molecule has 0 aliphatic heterocycles. The maximum absolute atomic E-state index is 2.44. The highest BCUT2D eigenvalue weighted by Crippen LogP contribution is 2.23. The van der Waals surface area contributed by atoms with Gasteiger partial charge in [-0.25, -0.2) is 0 Å². The molecular formula is C32H58. The van der Waals surface area contributed by atoms with E-state index in [0.29, 0.717) is 0 Å². The zero-order chi connectivity index (χ0) is 23.5. The Kier molecular flexibility index (Phi) is 25.4. The quantitative estimate of drug-likeness (QED) is 0.109. The molecule has 0 nitrogen and oxygen atoms in total. The molecule has 0 aliphatic carbocycles. The van der Waals surface area contributed by atoms with Crippen molar-refractivity contribution in [2.24, 2.45) is 11.8 Å². The van der Waals surface area contributed by atoms with Gasteiger partial charge in [0.25, 0.3) is 0 Å². The monoisotopic (exact) mass is 442 g/mol. The van der Waals surface area contributed by atoms with Crippen LogP contribution in [0.2, 0.25) is 0 Å². The summed E-state index contributed by atoms with van der Waals surface area (Å²) in [6, 6.07) is 0. The van der Waals surface area contributed by atoms with E-state index >= 15 is 0 Å². The Hall–Kier alpha value is -1.04. The predicted molar refractivity (Wildman–Crippen MR) is 149 cm³/mol. The standard InChI is InChI=1S/C32H58/c1-5-7-9-11-13-15-17-19-21-23-25-27-29-32(31(3)4)30-28-26-24-22-20-18-16-14-12-10-8-6-2/h13-16,23-26,31-32H,5-12,17-22,27-30H2,1-4H3/b15-13+,16-14+,25-23+,26-24+. The third-order valence-corrected chi connectivity index (χ3v) is 6.45. The lowest BCUT2D eigenvalue weighted by Gasteiger charge is -2.19. The smallest absolute Gasteiger partial charge is 0.0348 e. The van der Waals surface area contributed by atoms with Crippen LogP contribution in [0.5, 0.6) is 0 Å². The van der Waals surface area contributed by atoms with Crippen LogP contribution in [-0.2, 0) is 0 Å². The Morgan fingerprint density at radius 3 is 1.03 bits per heavy atom. The van der Waals surface area contributed by atoms with Gasteiger partial charge in [-0.05, 0) is 102 Å². The summed E-state index contributed by atoms with van der Waals surface area (Å²) in [5.74, 6) is 1.66. The van der Waals surface area contributed by atoms with Crippen molar-refractivity contribution in [3.63, 3.8) is 0 Å². The summed E-state index contributed by atoms with van der Waals surface area (Å²) < 4.78 is 0. The predicted octanol–water partition coefficient (Wildman–Crippen LogP) is 11.5. The molecule has 0 fully saturated rings. The first kappa shape index (κ1) is 31.0. The molecule has 0 aromatic heterocycles. The average molecular weight is 443 g/mol. The minimum absolute atomic E-state index is 0.799. The highest BCUT2D eigenvalue weighted by atomic mass is 14.2. The van der Waals surface area contributed by atoms with Crippen molar-refractivity contribution in [1.29, 1.82) is 0 Å². The van der Waals surface area contributed by atoms with Crippen LogP contribution < -0.4 is 0 Å². The van der Waals surface area contributed by atoms with E-state index < -0.39 is 0 Å². The van der Waals surface area contributed by atoms with E-state index in [-0.39, 0.29) is 0 Å². The summed E-state index contributed by atoms with van der Waals surface area (Å²) in [4.78, 5) is 0. The Morgan fingerprint density at radius 2 is 0.719 bits per heavy atom.